The fourth-order valence-electron chi connectivity index (χ4n) is 0.640. The van der Waals surface area contributed by atoms with Crippen LogP contribution in [0.15, 0.2) is 12.2 Å². The number of aliphatic hydroxyl groups is 6. The zero-order chi connectivity index (χ0) is 15.8. The molecule has 0 aliphatic rings. The third-order valence-corrected chi connectivity index (χ3v) is 1.40. The van der Waals surface area contributed by atoms with Crippen molar-refractivity contribution in [2.75, 3.05) is 13.5 Å². The first kappa shape index (κ1) is 18.4. The Morgan fingerprint density at radius 2 is 1.10 bits per heavy atom. The minimum Gasteiger partial charge on any atom is -0.446 e. The molecular weight excluding hydrogens is 284 g/mol. The number of carbonyl (C=O) groups is 2. The molecule has 0 aliphatic heterocycles. The molecule has 0 aromatic carbocycles. The number of ether oxygens (including phenoxy) is 2. The lowest BCUT2D eigenvalue weighted by Crippen LogP contribution is -2.46. The average Bonchev–Trinajstić information content (AvgIpc) is 2.22. The Labute approximate surface area is 111 Å². The van der Waals surface area contributed by atoms with Crippen LogP contribution in [0.25, 0.3) is 0 Å². The van der Waals surface area contributed by atoms with E-state index >= 15 is 0 Å². The predicted octanol–water partition coefficient (Wildman–Crippen LogP) is -5.10. The van der Waals surface area contributed by atoms with Gasteiger partial charge in [-0.25, -0.2) is 20.2 Å². The van der Waals surface area contributed by atoms with Crippen LogP contribution in [-0.2, 0) is 19.1 Å². The zero-order valence-corrected chi connectivity index (χ0v) is 9.89. The summed E-state index contributed by atoms with van der Waals surface area (Å²) < 4.78 is 8.53. The van der Waals surface area contributed by atoms with Crippen LogP contribution in [0.3, 0.4) is 0 Å². The van der Waals surface area contributed by atoms with Crippen molar-refractivity contribution in [2.24, 2.45) is 0 Å². The van der Waals surface area contributed by atoms with Gasteiger partial charge in [0.2, 0.25) is 0 Å². The maximum absolute atomic E-state index is 10.9. The van der Waals surface area contributed by atoms with Crippen LogP contribution in [0, 0.1) is 0 Å². The first-order chi connectivity index (χ1) is 8.99. The highest BCUT2D eigenvalue weighted by Crippen LogP contribution is 1.89. The van der Waals surface area contributed by atoms with Gasteiger partial charge >= 0.3 is 24.1 Å². The van der Waals surface area contributed by atoms with E-state index in [0.29, 0.717) is 12.2 Å². The van der Waals surface area contributed by atoms with E-state index in [1.165, 1.54) is 0 Å². The summed E-state index contributed by atoms with van der Waals surface area (Å²) in [5, 5.41) is 53.3. The molecule has 0 fully saturated rings. The van der Waals surface area contributed by atoms with Gasteiger partial charge in [0, 0.05) is 12.2 Å². The second-order valence-electron chi connectivity index (χ2n) is 3.17. The van der Waals surface area contributed by atoms with E-state index in [0.717, 1.165) is 0 Å². The van der Waals surface area contributed by atoms with Crippen molar-refractivity contribution >= 4 is 11.9 Å². The fourth-order valence-corrected chi connectivity index (χ4v) is 0.640. The fraction of sp³-hybridized carbons (Fsp3) is 0.500. The summed E-state index contributed by atoms with van der Waals surface area (Å²) in [6.45, 7) is -1.52. The Kier molecular flexibility index (Phi) is 7.19. The first-order valence-electron chi connectivity index (χ1n) is 4.85. The van der Waals surface area contributed by atoms with E-state index in [-0.39, 0.29) is 0 Å². The van der Waals surface area contributed by atoms with E-state index in [4.69, 9.17) is 30.6 Å². The van der Waals surface area contributed by atoms with Crippen molar-refractivity contribution in [1.82, 2.24) is 10.6 Å². The Morgan fingerprint density at radius 3 is 1.35 bits per heavy atom. The van der Waals surface area contributed by atoms with E-state index in [2.05, 4.69) is 9.47 Å². The third kappa shape index (κ3) is 12.8. The van der Waals surface area contributed by atoms with Crippen molar-refractivity contribution in [3.8, 4) is 0 Å². The van der Waals surface area contributed by atoms with Gasteiger partial charge in [0.05, 0.1) is 0 Å². The summed E-state index contributed by atoms with van der Waals surface area (Å²) in [7, 11) is 0. The molecule has 0 aliphatic carbocycles. The summed E-state index contributed by atoms with van der Waals surface area (Å²) >= 11 is 0. The number of esters is 2. The first-order valence-corrected chi connectivity index (χ1v) is 4.85. The lowest BCUT2D eigenvalue weighted by Gasteiger charge is -2.14. The van der Waals surface area contributed by atoms with Gasteiger partial charge in [-0.3, -0.25) is 0 Å². The minimum atomic E-state index is -3.21. The maximum atomic E-state index is 10.9. The van der Waals surface area contributed by atoms with Gasteiger partial charge in [0.25, 0.3) is 0 Å². The molecule has 0 saturated heterocycles. The smallest absolute Gasteiger partial charge is 0.345 e. The van der Waals surface area contributed by atoms with Crippen LogP contribution in [0.1, 0.15) is 0 Å². The van der Waals surface area contributed by atoms with Crippen LogP contribution in [-0.4, -0.2) is 68.2 Å². The molecule has 8 N–H and O–H groups in total. The van der Waals surface area contributed by atoms with E-state index in [1.54, 1.807) is 10.6 Å². The van der Waals surface area contributed by atoms with Crippen molar-refractivity contribution in [1.29, 1.82) is 0 Å². The highest BCUT2D eigenvalue weighted by atomic mass is 16.7. The second kappa shape index (κ2) is 7.83. The summed E-state index contributed by atoms with van der Waals surface area (Å²) in [6, 6.07) is 0. The van der Waals surface area contributed by atoms with Gasteiger partial charge in [0.15, 0.2) is 0 Å². The van der Waals surface area contributed by atoms with E-state index in [9.17, 15) is 9.59 Å². The van der Waals surface area contributed by atoms with Gasteiger partial charge in [-0.15, -0.1) is 0 Å². The van der Waals surface area contributed by atoms with Crippen LogP contribution in [0.5, 0.6) is 0 Å². The van der Waals surface area contributed by atoms with Crippen molar-refractivity contribution in [2.45, 2.75) is 12.2 Å². The SMILES string of the molecule is O=C(/C=C\C(=O)OCNC(O)(O)O)OCNC(O)(O)O. The molecule has 0 atom stereocenters. The number of rotatable bonds is 8. The van der Waals surface area contributed by atoms with E-state index in [1.807, 2.05) is 0 Å². The van der Waals surface area contributed by atoms with Gasteiger partial charge in [-0.1, -0.05) is 0 Å². The Hall–Kier alpha value is -1.64. The van der Waals surface area contributed by atoms with Crippen LogP contribution in [0.4, 0.5) is 0 Å². The van der Waals surface area contributed by atoms with Crippen molar-refractivity contribution in [3.05, 3.63) is 12.2 Å². The Morgan fingerprint density at radius 1 is 0.800 bits per heavy atom. The predicted molar refractivity (Wildman–Crippen MR) is 56.1 cm³/mol. The summed E-state index contributed by atoms with van der Waals surface area (Å²) in [6.07, 6.45) is -5.19. The molecule has 0 spiro atoms. The molecule has 0 rings (SSSR count). The van der Waals surface area contributed by atoms with Gasteiger partial charge in [0.1, 0.15) is 13.5 Å². The summed E-state index contributed by atoms with van der Waals surface area (Å²) in [5.74, 6) is -2.15. The lowest BCUT2D eigenvalue weighted by atomic mass is 10.5. The van der Waals surface area contributed by atoms with Gasteiger partial charge in [-0.05, 0) is 0 Å². The molecule has 20 heavy (non-hydrogen) atoms. The molecule has 0 amide bonds. The molecule has 0 radical (unpaired) electrons. The summed E-state index contributed by atoms with van der Waals surface area (Å²) in [4.78, 5) is 21.9. The van der Waals surface area contributed by atoms with Gasteiger partial charge in [-0.2, -0.15) is 0 Å². The van der Waals surface area contributed by atoms with Crippen LogP contribution >= 0.6 is 0 Å². The van der Waals surface area contributed by atoms with Crippen molar-refractivity contribution < 1.29 is 49.7 Å². The molecule has 12 nitrogen and oxygen atoms in total. The number of nitrogens with one attached hydrogen (secondary N) is 2. The summed E-state index contributed by atoms with van der Waals surface area (Å²) in [5.41, 5.74) is 0. The third-order valence-electron chi connectivity index (χ3n) is 1.40. The van der Waals surface area contributed by atoms with Gasteiger partial charge < -0.3 is 40.1 Å². The number of carbonyl (C=O) groups excluding carboxylic acids is 2. The second-order valence-corrected chi connectivity index (χ2v) is 3.17. The maximum Gasteiger partial charge on any atom is 0.345 e. The molecule has 0 saturated carbocycles. The highest BCUT2D eigenvalue weighted by molar-refractivity contribution is 5.91. The van der Waals surface area contributed by atoms with Crippen molar-refractivity contribution in [3.63, 3.8) is 0 Å². The standard InChI is InChI=1S/C8H14N2O10/c11-5(19-3-9-7(13,14)15)1-2-6(12)20-4-10-8(16,17)18/h1-2,9-10,13-18H,3-4H2/b2-1-. The van der Waals surface area contributed by atoms with Crippen LogP contribution < -0.4 is 10.6 Å². The topological polar surface area (TPSA) is 198 Å². The molecule has 12 heteroatoms. The Bertz CT molecular complexity index is 321. The highest BCUT2D eigenvalue weighted by Gasteiger charge is 2.17. The normalized spacial score (nSPS) is 12.5. The lowest BCUT2D eigenvalue weighted by molar-refractivity contribution is -0.337. The largest absolute Gasteiger partial charge is 0.446 e. The van der Waals surface area contributed by atoms with E-state index < -0.39 is 37.6 Å². The monoisotopic (exact) mass is 298 g/mol. The van der Waals surface area contributed by atoms with Crippen LogP contribution in [0.2, 0.25) is 0 Å². The molecule has 0 heterocycles. The molecule has 116 valence electrons. The average molecular weight is 298 g/mol. The zero-order valence-electron chi connectivity index (χ0n) is 9.89. The molecule has 0 aromatic heterocycles. The minimum absolute atomic E-state index is 0.613. The Balaban J connectivity index is 3.86. The molecular formula is C8H14N2O10. The number of hydrogen-bond acceptors (Lipinski definition) is 12. The molecule has 0 unspecified atom stereocenters. The molecule has 0 bridgehead atoms. The molecule has 0 aromatic rings. The number of hydrogen-bond donors (Lipinski definition) is 8. The quantitative estimate of drug-likeness (QED) is 0.121.